The molecule has 0 aliphatic carbocycles. The number of rotatable bonds is 8. The summed E-state index contributed by atoms with van der Waals surface area (Å²) in [5, 5.41) is 3.44. The topological polar surface area (TPSA) is 38.3 Å². The van der Waals surface area contributed by atoms with Gasteiger partial charge in [-0.1, -0.05) is 47.5 Å². The van der Waals surface area contributed by atoms with Crippen LogP contribution >= 0.6 is 23.4 Å². The van der Waals surface area contributed by atoms with Gasteiger partial charge in [0.15, 0.2) is 6.61 Å². The molecule has 0 heterocycles. The SMILES string of the molecule is Cc1ccc(CSCCNC(=O)COc2cccc(Cl)c2)cc1. The number of carbonyl (C=O) groups is 1. The predicted molar refractivity (Wildman–Crippen MR) is 97.3 cm³/mol. The molecular formula is C18H20ClNO2S. The molecule has 3 nitrogen and oxygen atoms in total. The lowest BCUT2D eigenvalue weighted by molar-refractivity contribution is -0.122. The van der Waals surface area contributed by atoms with Crippen LogP contribution in [-0.4, -0.2) is 24.8 Å². The fraction of sp³-hybridized carbons (Fsp3) is 0.278. The highest BCUT2D eigenvalue weighted by Gasteiger charge is 2.02. The Morgan fingerprint density at radius 2 is 2.00 bits per heavy atom. The highest BCUT2D eigenvalue weighted by atomic mass is 35.5. The van der Waals surface area contributed by atoms with Crippen molar-refractivity contribution in [3.63, 3.8) is 0 Å². The molecule has 0 atom stereocenters. The van der Waals surface area contributed by atoms with Gasteiger partial charge in [-0.05, 0) is 30.7 Å². The van der Waals surface area contributed by atoms with Gasteiger partial charge in [-0.3, -0.25) is 4.79 Å². The van der Waals surface area contributed by atoms with Crippen molar-refractivity contribution in [2.75, 3.05) is 18.9 Å². The van der Waals surface area contributed by atoms with Crippen LogP contribution in [0.25, 0.3) is 0 Å². The maximum atomic E-state index is 11.7. The van der Waals surface area contributed by atoms with E-state index >= 15 is 0 Å². The van der Waals surface area contributed by atoms with E-state index < -0.39 is 0 Å². The van der Waals surface area contributed by atoms with Crippen molar-refractivity contribution in [2.24, 2.45) is 0 Å². The third-order valence-electron chi connectivity index (χ3n) is 3.12. The number of ether oxygens (including phenoxy) is 1. The van der Waals surface area contributed by atoms with E-state index in [9.17, 15) is 4.79 Å². The van der Waals surface area contributed by atoms with Gasteiger partial charge in [0.05, 0.1) is 0 Å². The number of amides is 1. The Hall–Kier alpha value is -1.65. The van der Waals surface area contributed by atoms with E-state index in [2.05, 4.69) is 36.5 Å². The van der Waals surface area contributed by atoms with Crippen LogP contribution in [0.5, 0.6) is 5.75 Å². The number of thioether (sulfide) groups is 1. The van der Waals surface area contributed by atoms with Crippen molar-refractivity contribution in [3.8, 4) is 5.75 Å². The van der Waals surface area contributed by atoms with Crippen LogP contribution in [0.4, 0.5) is 0 Å². The Balaban J connectivity index is 1.57. The van der Waals surface area contributed by atoms with Crippen LogP contribution in [0.15, 0.2) is 48.5 Å². The first kappa shape index (κ1) is 17.7. The third kappa shape index (κ3) is 6.97. The highest BCUT2D eigenvalue weighted by Crippen LogP contribution is 2.16. The number of nitrogens with one attached hydrogen (secondary N) is 1. The molecule has 0 spiro atoms. The lowest BCUT2D eigenvalue weighted by atomic mass is 10.2. The van der Waals surface area contributed by atoms with Crippen molar-refractivity contribution in [3.05, 3.63) is 64.7 Å². The minimum Gasteiger partial charge on any atom is -0.484 e. The number of halogens is 1. The first-order valence-electron chi connectivity index (χ1n) is 7.42. The van der Waals surface area contributed by atoms with Gasteiger partial charge in [0.25, 0.3) is 5.91 Å². The zero-order chi connectivity index (χ0) is 16.5. The van der Waals surface area contributed by atoms with Crippen molar-refractivity contribution in [1.29, 1.82) is 0 Å². The molecule has 0 radical (unpaired) electrons. The van der Waals surface area contributed by atoms with E-state index in [0.717, 1.165) is 11.5 Å². The summed E-state index contributed by atoms with van der Waals surface area (Å²) >= 11 is 7.65. The van der Waals surface area contributed by atoms with Gasteiger partial charge in [0.2, 0.25) is 0 Å². The van der Waals surface area contributed by atoms with Crippen molar-refractivity contribution < 1.29 is 9.53 Å². The van der Waals surface area contributed by atoms with E-state index in [0.29, 0.717) is 17.3 Å². The largest absolute Gasteiger partial charge is 0.484 e. The Kier molecular flexibility index (Phi) is 7.30. The maximum Gasteiger partial charge on any atom is 0.257 e. The van der Waals surface area contributed by atoms with E-state index in [1.54, 1.807) is 36.0 Å². The number of carbonyl (C=O) groups excluding carboxylic acids is 1. The lowest BCUT2D eigenvalue weighted by Gasteiger charge is -2.08. The fourth-order valence-corrected chi connectivity index (χ4v) is 2.89. The van der Waals surface area contributed by atoms with Gasteiger partial charge in [-0.2, -0.15) is 11.8 Å². The van der Waals surface area contributed by atoms with Crippen molar-refractivity contribution in [2.45, 2.75) is 12.7 Å². The second kappa shape index (κ2) is 9.48. The van der Waals surface area contributed by atoms with Gasteiger partial charge in [-0.15, -0.1) is 0 Å². The number of hydrogen-bond acceptors (Lipinski definition) is 3. The zero-order valence-electron chi connectivity index (χ0n) is 13.0. The van der Waals surface area contributed by atoms with Crippen LogP contribution in [0, 0.1) is 6.92 Å². The van der Waals surface area contributed by atoms with Crippen LogP contribution in [0.3, 0.4) is 0 Å². The molecule has 1 N–H and O–H groups in total. The average molecular weight is 350 g/mol. The molecule has 23 heavy (non-hydrogen) atoms. The second-order valence-corrected chi connectivity index (χ2v) is 6.68. The summed E-state index contributed by atoms with van der Waals surface area (Å²) in [5.41, 5.74) is 2.57. The standard InChI is InChI=1S/C18H20ClNO2S/c1-14-5-7-15(8-6-14)13-23-10-9-20-18(21)12-22-17-4-2-3-16(19)11-17/h2-8,11H,9-10,12-13H2,1H3,(H,20,21). The summed E-state index contributed by atoms with van der Waals surface area (Å²) in [6.07, 6.45) is 0. The molecule has 0 aliphatic rings. The van der Waals surface area contributed by atoms with Crippen molar-refractivity contribution >= 4 is 29.3 Å². The van der Waals surface area contributed by atoms with Gasteiger partial charge in [0.1, 0.15) is 5.75 Å². The summed E-state index contributed by atoms with van der Waals surface area (Å²) in [6.45, 7) is 2.72. The first-order valence-corrected chi connectivity index (χ1v) is 8.95. The van der Waals surface area contributed by atoms with E-state index in [1.807, 2.05) is 0 Å². The molecule has 2 aromatic rings. The molecule has 1 amide bonds. The van der Waals surface area contributed by atoms with Crippen LogP contribution in [0.2, 0.25) is 5.02 Å². The minimum absolute atomic E-state index is 0.00295. The molecule has 122 valence electrons. The van der Waals surface area contributed by atoms with Gasteiger partial charge in [-0.25, -0.2) is 0 Å². The Morgan fingerprint density at radius 1 is 1.22 bits per heavy atom. The highest BCUT2D eigenvalue weighted by molar-refractivity contribution is 7.98. The van der Waals surface area contributed by atoms with Crippen LogP contribution < -0.4 is 10.1 Å². The minimum atomic E-state index is -0.124. The van der Waals surface area contributed by atoms with E-state index in [1.165, 1.54) is 11.1 Å². The molecule has 0 unspecified atom stereocenters. The van der Waals surface area contributed by atoms with E-state index in [4.69, 9.17) is 16.3 Å². The number of hydrogen-bond donors (Lipinski definition) is 1. The van der Waals surface area contributed by atoms with Crippen LogP contribution in [-0.2, 0) is 10.5 Å². The Bertz CT molecular complexity index is 631. The Labute approximate surface area is 146 Å². The molecule has 0 bridgehead atoms. The monoisotopic (exact) mass is 349 g/mol. The molecule has 2 aromatic carbocycles. The summed E-state index contributed by atoms with van der Waals surface area (Å²) in [5.74, 6) is 2.30. The van der Waals surface area contributed by atoms with E-state index in [-0.39, 0.29) is 12.5 Å². The zero-order valence-corrected chi connectivity index (χ0v) is 14.6. The quantitative estimate of drug-likeness (QED) is 0.730. The molecule has 0 aliphatic heterocycles. The molecule has 5 heteroatoms. The summed E-state index contributed by atoms with van der Waals surface area (Å²) < 4.78 is 5.38. The molecule has 0 fully saturated rings. The average Bonchev–Trinajstić information content (AvgIpc) is 2.54. The van der Waals surface area contributed by atoms with Gasteiger partial charge in [0, 0.05) is 23.1 Å². The second-order valence-electron chi connectivity index (χ2n) is 5.13. The normalized spacial score (nSPS) is 10.3. The molecule has 0 saturated carbocycles. The first-order chi connectivity index (χ1) is 11.1. The maximum absolute atomic E-state index is 11.7. The lowest BCUT2D eigenvalue weighted by Crippen LogP contribution is -2.30. The van der Waals surface area contributed by atoms with Gasteiger partial charge >= 0.3 is 0 Å². The Morgan fingerprint density at radius 3 is 2.74 bits per heavy atom. The summed E-state index contributed by atoms with van der Waals surface area (Å²) in [6, 6.07) is 15.5. The predicted octanol–water partition coefficient (Wildman–Crippen LogP) is 4.08. The summed E-state index contributed by atoms with van der Waals surface area (Å²) in [4.78, 5) is 11.7. The van der Waals surface area contributed by atoms with Gasteiger partial charge < -0.3 is 10.1 Å². The third-order valence-corrected chi connectivity index (χ3v) is 4.39. The summed E-state index contributed by atoms with van der Waals surface area (Å²) in [7, 11) is 0. The molecule has 2 rings (SSSR count). The smallest absolute Gasteiger partial charge is 0.257 e. The fourth-order valence-electron chi connectivity index (χ4n) is 1.89. The van der Waals surface area contributed by atoms with Crippen molar-refractivity contribution in [1.82, 2.24) is 5.32 Å². The van der Waals surface area contributed by atoms with Crippen LogP contribution in [0.1, 0.15) is 11.1 Å². The molecule has 0 saturated heterocycles. The number of aryl methyl sites for hydroxylation is 1. The molecule has 0 aromatic heterocycles. The number of benzene rings is 2. The molecular weight excluding hydrogens is 330 g/mol.